The number of amides is 1. The molecule has 0 aliphatic carbocycles. The third kappa shape index (κ3) is 5.86. The van der Waals surface area contributed by atoms with E-state index in [-0.39, 0.29) is 11.7 Å². The topological polar surface area (TPSA) is 59.8 Å². The highest BCUT2D eigenvalue weighted by Crippen LogP contribution is 2.23. The Morgan fingerprint density at radius 3 is 2.19 bits per heavy atom. The van der Waals surface area contributed by atoms with Gasteiger partial charge in [-0.3, -0.25) is 9.36 Å². The number of carbonyl (C=O) groups excluding carboxylic acids is 1. The van der Waals surface area contributed by atoms with Gasteiger partial charge < -0.3 is 5.32 Å². The molecule has 4 rings (SSSR count). The molecule has 0 saturated carbocycles. The molecule has 0 fully saturated rings. The standard InChI is InChI=1S/C26H26N4OS/c1-20-12-15-23(16-13-20)30-24(17-14-21-8-4-2-5-9-21)28-29-26(30)32-19-25(31)27-18-22-10-6-3-7-11-22/h2-13,15-16H,14,17-19H2,1H3,(H,27,31). The summed E-state index contributed by atoms with van der Waals surface area (Å²) in [5.41, 5.74) is 4.55. The van der Waals surface area contributed by atoms with Crippen LogP contribution in [0, 0.1) is 6.92 Å². The predicted molar refractivity (Wildman–Crippen MR) is 129 cm³/mol. The number of nitrogens with one attached hydrogen (secondary N) is 1. The lowest BCUT2D eigenvalue weighted by atomic mass is 10.1. The maximum absolute atomic E-state index is 12.4. The molecule has 1 heterocycles. The summed E-state index contributed by atoms with van der Waals surface area (Å²) in [6.07, 6.45) is 1.65. The zero-order valence-electron chi connectivity index (χ0n) is 18.1. The smallest absolute Gasteiger partial charge is 0.230 e. The van der Waals surface area contributed by atoms with E-state index in [1.807, 2.05) is 36.4 Å². The van der Waals surface area contributed by atoms with E-state index in [0.29, 0.717) is 6.54 Å². The van der Waals surface area contributed by atoms with Crippen LogP contribution in [0.1, 0.15) is 22.5 Å². The second kappa shape index (κ2) is 10.8. The largest absolute Gasteiger partial charge is 0.351 e. The quantitative estimate of drug-likeness (QED) is 0.379. The number of benzene rings is 3. The fourth-order valence-electron chi connectivity index (χ4n) is 3.39. The van der Waals surface area contributed by atoms with Gasteiger partial charge in [0.05, 0.1) is 5.75 Å². The molecule has 0 atom stereocenters. The van der Waals surface area contributed by atoms with Crippen molar-refractivity contribution in [2.75, 3.05) is 5.75 Å². The molecule has 0 radical (unpaired) electrons. The number of aromatic nitrogens is 3. The minimum absolute atomic E-state index is 0.0249. The van der Waals surface area contributed by atoms with Crippen molar-refractivity contribution in [1.29, 1.82) is 0 Å². The number of aryl methyl sites for hydroxylation is 3. The molecular formula is C26H26N4OS. The van der Waals surface area contributed by atoms with Gasteiger partial charge >= 0.3 is 0 Å². The summed E-state index contributed by atoms with van der Waals surface area (Å²) in [4.78, 5) is 12.4. The number of rotatable bonds is 9. The van der Waals surface area contributed by atoms with Gasteiger partial charge in [0.15, 0.2) is 5.16 Å². The van der Waals surface area contributed by atoms with Crippen LogP contribution in [-0.4, -0.2) is 26.4 Å². The van der Waals surface area contributed by atoms with Gasteiger partial charge in [-0.25, -0.2) is 0 Å². The van der Waals surface area contributed by atoms with E-state index >= 15 is 0 Å². The first kappa shape index (κ1) is 21.8. The molecule has 0 unspecified atom stereocenters. The third-order valence-electron chi connectivity index (χ3n) is 5.14. The van der Waals surface area contributed by atoms with Crippen LogP contribution in [0.25, 0.3) is 5.69 Å². The molecule has 0 aliphatic heterocycles. The summed E-state index contributed by atoms with van der Waals surface area (Å²) in [7, 11) is 0. The number of hydrogen-bond donors (Lipinski definition) is 1. The average molecular weight is 443 g/mol. The SMILES string of the molecule is Cc1ccc(-n2c(CCc3ccccc3)nnc2SCC(=O)NCc2ccccc2)cc1. The average Bonchev–Trinajstić information content (AvgIpc) is 3.24. The van der Waals surface area contributed by atoms with E-state index in [1.54, 1.807) is 0 Å². The first-order chi connectivity index (χ1) is 15.7. The fraction of sp³-hybridized carbons (Fsp3) is 0.192. The van der Waals surface area contributed by atoms with Gasteiger partial charge in [0, 0.05) is 18.7 Å². The summed E-state index contributed by atoms with van der Waals surface area (Å²) in [6, 6.07) is 28.6. The Balaban J connectivity index is 1.46. The third-order valence-corrected chi connectivity index (χ3v) is 6.07. The monoisotopic (exact) mass is 442 g/mol. The Labute approximate surface area is 192 Å². The molecule has 4 aromatic rings. The van der Waals surface area contributed by atoms with E-state index in [1.165, 1.54) is 22.9 Å². The van der Waals surface area contributed by atoms with Gasteiger partial charge in [-0.05, 0) is 36.6 Å². The van der Waals surface area contributed by atoms with Crippen molar-refractivity contribution >= 4 is 17.7 Å². The number of nitrogens with zero attached hydrogens (tertiary/aromatic N) is 3. The van der Waals surface area contributed by atoms with Crippen LogP contribution in [-0.2, 0) is 24.2 Å². The van der Waals surface area contributed by atoms with Crippen molar-refractivity contribution in [1.82, 2.24) is 20.1 Å². The zero-order chi connectivity index (χ0) is 22.2. The summed E-state index contributed by atoms with van der Waals surface area (Å²) >= 11 is 1.41. The molecule has 162 valence electrons. The Hall–Kier alpha value is -3.38. The van der Waals surface area contributed by atoms with Gasteiger partial charge in [0.1, 0.15) is 5.82 Å². The van der Waals surface area contributed by atoms with Crippen molar-refractivity contribution < 1.29 is 4.79 Å². The van der Waals surface area contributed by atoms with Crippen molar-refractivity contribution in [3.05, 3.63) is 107 Å². The van der Waals surface area contributed by atoms with Crippen LogP contribution in [0.3, 0.4) is 0 Å². The molecule has 32 heavy (non-hydrogen) atoms. The minimum atomic E-state index is -0.0249. The lowest BCUT2D eigenvalue weighted by Gasteiger charge is -2.11. The lowest BCUT2D eigenvalue weighted by molar-refractivity contribution is -0.118. The van der Waals surface area contributed by atoms with Crippen molar-refractivity contribution in [3.63, 3.8) is 0 Å². The van der Waals surface area contributed by atoms with Crippen LogP contribution < -0.4 is 5.32 Å². The Morgan fingerprint density at radius 2 is 1.50 bits per heavy atom. The molecule has 1 amide bonds. The van der Waals surface area contributed by atoms with Gasteiger partial charge in [0.25, 0.3) is 0 Å². The lowest BCUT2D eigenvalue weighted by Crippen LogP contribution is -2.24. The Morgan fingerprint density at radius 1 is 0.844 bits per heavy atom. The number of hydrogen-bond acceptors (Lipinski definition) is 4. The second-order valence-corrected chi connectivity index (χ2v) is 8.55. The molecule has 0 bridgehead atoms. The summed E-state index contributed by atoms with van der Waals surface area (Å²) < 4.78 is 2.07. The highest BCUT2D eigenvalue weighted by molar-refractivity contribution is 7.99. The zero-order valence-corrected chi connectivity index (χ0v) is 18.9. The Kier molecular flexibility index (Phi) is 7.35. The summed E-state index contributed by atoms with van der Waals surface area (Å²) in [6.45, 7) is 2.59. The normalized spacial score (nSPS) is 10.8. The van der Waals surface area contributed by atoms with Crippen molar-refractivity contribution in [2.24, 2.45) is 0 Å². The summed E-state index contributed by atoms with van der Waals surface area (Å²) in [5.74, 6) is 1.16. The van der Waals surface area contributed by atoms with Crippen LogP contribution in [0.15, 0.2) is 90.1 Å². The second-order valence-electron chi connectivity index (χ2n) is 7.61. The molecule has 0 spiro atoms. The van der Waals surface area contributed by atoms with Gasteiger partial charge in [0.2, 0.25) is 5.91 Å². The molecule has 5 nitrogen and oxygen atoms in total. The van der Waals surface area contributed by atoms with Gasteiger partial charge in [-0.15, -0.1) is 10.2 Å². The first-order valence-electron chi connectivity index (χ1n) is 10.7. The predicted octanol–water partition coefficient (Wildman–Crippen LogP) is 4.77. The maximum Gasteiger partial charge on any atom is 0.230 e. The van der Waals surface area contributed by atoms with Crippen LogP contribution in [0.2, 0.25) is 0 Å². The molecule has 1 aromatic heterocycles. The van der Waals surface area contributed by atoms with Gasteiger partial charge in [-0.1, -0.05) is 90.1 Å². The van der Waals surface area contributed by atoms with E-state index in [0.717, 1.165) is 35.1 Å². The number of thioether (sulfide) groups is 1. The molecule has 3 aromatic carbocycles. The van der Waals surface area contributed by atoms with E-state index in [2.05, 4.69) is 75.5 Å². The van der Waals surface area contributed by atoms with Crippen LogP contribution in [0.5, 0.6) is 0 Å². The van der Waals surface area contributed by atoms with Crippen molar-refractivity contribution in [2.45, 2.75) is 31.5 Å². The molecule has 6 heteroatoms. The number of carbonyl (C=O) groups is 1. The van der Waals surface area contributed by atoms with E-state index in [9.17, 15) is 4.79 Å². The van der Waals surface area contributed by atoms with Crippen LogP contribution >= 0.6 is 11.8 Å². The van der Waals surface area contributed by atoms with Crippen LogP contribution in [0.4, 0.5) is 0 Å². The summed E-state index contributed by atoms with van der Waals surface area (Å²) in [5, 5.41) is 12.6. The fourth-order valence-corrected chi connectivity index (χ4v) is 4.19. The van der Waals surface area contributed by atoms with E-state index in [4.69, 9.17) is 0 Å². The Bertz CT molecular complexity index is 1140. The first-order valence-corrected chi connectivity index (χ1v) is 11.7. The minimum Gasteiger partial charge on any atom is -0.351 e. The van der Waals surface area contributed by atoms with Gasteiger partial charge in [-0.2, -0.15) is 0 Å². The molecule has 0 saturated heterocycles. The maximum atomic E-state index is 12.4. The molecular weight excluding hydrogens is 416 g/mol. The van der Waals surface area contributed by atoms with E-state index < -0.39 is 0 Å². The van der Waals surface area contributed by atoms with Crippen molar-refractivity contribution in [3.8, 4) is 5.69 Å². The highest BCUT2D eigenvalue weighted by atomic mass is 32.2. The molecule has 0 aliphatic rings. The highest BCUT2D eigenvalue weighted by Gasteiger charge is 2.16. The molecule has 1 N–H and O–H groups in total.